The topological polar surface area (TPSA) is 49.5 Å². The molecule has 0 aromatic carbocycles. The molecule has 1 unspecified atom stereocenters. The zero-order valence-electron chi connectivity index (χ0n) is 11.9. The number of ether oxygens (including phenoxy) is 2. The summed E-state index contributed by atoms with van der Waals surface area (Å²) in [6.07, 6.45) is 1.39. The van der Waals surface area contributed by atoms with Crippen LogP contribution >= 0.6 is 0 Å². The fraction of sp³-hybridized carbons (Fsp3) is 0.818. The molecular weight excluding hydrogens is 268 g/mol. The minimum Gasteiger partial charge on any atom is -0.557 e. The molecule has 1 heterocycles. The third-order valence-corrected chi connectivity index (χ3v) is 4.94. The van der Waals surface area contributed by atoms with E-state index in [1.807, 2.05) is 6.92 Å². The van der Waals surface area contributed by atoms with Crippen LogP contribution in [0.15, 0.2) is 12.3 Å². The van der Waals surface area contributed by atoms with Gasteiger partial charge in [-0.05, 0) is 19.4 Å². The van der Waals surface area contributed by atoms with Crippen LogP contribution in [-0.2, 0) is 22.8 Å². The van der Waals surface area contributed by atoms with Crippen molar-refractivity contribution in [2.45, 2.75) is 25.5 Å². The summed E-state index contributed by atoms with van der Waals surface area (Å²) in [5.74, 6) is 0.816. The van der Waals surface area contributed by atoms with Crippen molar-refractivity contribution in [3.63, 3.8) is 0 Å². The minimum absolute atomic E-state index is 0.373. The zero-order valence-corrected chi connectivity index (χ0v) is 15.1. The third kappa shape index (κ3) is 12.3. The Bertz CT molecular complexity index is 208. The maximum atomic E-state index is 5.38. The number of hydrogen-bond acceptors (Lipinski definition) is 5. The van der Waals surface area contributed by atoms with E-state index in [2.05, 4.69) is 6.58 Å². The quantitative estimate of drug-likeness (QED) is 0.262. The van der Waals surface area contributed by atoms with Gasteiger partial charge in [0.2, 0.25) is 10.5 Å². The van der Waals surface area contributed by atoms with Gasteiger partial charge in [-0.15, -0.1) is 0 Å². The van der Waals surface area contributed by atoms with Gasteiger partial charge in [0.1, 0.15) is 6.10 Å². The summed E-state index contributed by atoms with van der Waals surface area (Å²) in [5.41, 5.74) is 0. The van der Waals surface area contributed by atoms with Crippen molar-refractivity contribution < 1.29 is 22.8 Å². The Labute approximate surface area is 115 Å². The summed E-state index contributed by atoms with van der Waals surface area (Å²) in [5, 5.41) is 0. The molecule has 0 radical (unpaired) electrons. The summed E-state index contributed by atoms with van der Waals surface area (Å²) < 4.78 is 25.4. The molecule has 0 N–H and O–H groups in total. The molecule has 1 aliphatic rings. The van der Waals surface area contributed by atoms with Crippen molar-refractivity contribution in [1.29, 1.82) is 0 Å². The second-order valence-electron chi connectivity index (χ2n) is 3.98. The van der Waals surface area contributed by atoms with E-state index in [-0.39, 0.29) is 0 Å². The molecule has 0 aromatic rings. The molecule has 0 bridgehead atoms. The first-order chi connectivity index (χ1) is 8.63. The van der Waals surface area contributed by atoms with Crippen LogP contribution in [0, 0.1) is 0 Å². The van der Waals surface area contributed by atoms with Crippen molar-refractivity contribution in [2.75, 3.05) is 34.0 Å². The van der Waals surface area contributed by atoms with Crippen LogP contribution in [-0.4, -0.2) is 59.9 Å². The lowest BCUT2D eigenvalue weighted by Crippen LogP contribution is -2.19. The predicted molar refractivity (Wildman–Crippen MR) is 77.0 cm³/mol. The summed E-state index contributed by atoms with van der Waals surface area (Å²) in [4.78, 5) is 0. The number of epoxide rings is 1. The molecule has 1 atom stereocenters. The lowest BCUT2D eigenvalue weighted by atomic mass is 10.5. The fourth-order valence-corrected chi connectivity index (χ4v) is 2.23. The molecule has 0 amide bonds. The average molecular weight is 294 g/mol. The van der Waals surface area contributed by atoms with Gasteiger partial charge in [-0.25, -0.2) is 0 Å². The number of hydrogen-bond donors (Lipinski definition) is 0. The van der Waals surface area contributed by atoms with E-state index in [1.165, 1.54) is 0 Å². The van der Waals surface area contributed by atoms with Gasteiger partial charge in [0, 0.05) is 20.8 Å². The van der Waals surface area contributed by atoms with Crippen molar-refractivity contribution in [3.05, 3.63) is 12.3 Å². The molecule has 1 aliphatic heterocycles. The maximum absolute atomic E-state index is 5.38. The standard InChI is InChI=1S/C8H18O4Si.C3H8OSi/c1-9-13(10-2)5-3-4-11-6-8-7-12-8;1-3(2)4-5/h8,13H,3-7H2,1-2H3;1H2,2,5H3. The fourth-order valence-electron chi connectivity index (χ4n) is 1.06. The molecule has 108 valence electrons. The Morgan fingerprint density at radius 3 is 2.39 bits per heavy atom. The van der Waals surface area contributed by atoms with E-state index in [9.17, 15) is 0 Å². The number of rotatable bonds is 9. The molecule has 5 nitrogen and oxygen atoms in total. The Balaban J connectivity index is 0.000000494. The highest BCUT2D eigenvalue weighted by atomic mass is 28.3. The van der Waals surface area contributed by atoms with Gasteiger partial charge in [-0.2, -0.15) is 0 Å². The van der Waals surface area contributed by atoms with Gasteiger partial charge in [0.05, 0.1) is 19.0 Å². The molecule has 1 fully saturated rings. The predicted octanol–water partition coefficient (Wildman–Crippen LogP) is 0.122. The third-order valence-electron chi connectivity index (χ3n) is 2.31. The van der Waals surface area contributed by atoms with Crippen LogP contribution in [0.3, 0.4) is 0 Å². The SMILES string of the molecule is C=C(C)O[SiH3].CO[SiH](CCCOCC1CO1)OC. The Morgan fingerprint density at radius 2 is 2.00 bits per heavy atom. The number of allylic oxidation sites excluding steroid dienone is 1. The summed E-state index contributed by atoms with van der Waals surface area (Å²) in [6, 6.07) is 1.01. The zero-order chi connectivity index (χ0) is 13.8. The smallest absolute Gasteiger partial charge is 0.320 e. The maximum Gasteiger partial charge on any atom is 0.320 e. The van der Waals surface area contributed by atoms with E-state index >= 15 is 0 Å². The van der Waals surface area contributed by atoms with E-state index in [0.717, 1.165) is 48.5 Å². The Kier molecular flexibility index (Phi) is 11.8. The van der Waals surface area contributed by atoms with Crippen LogP contribution in [0.1, 0.15) is 13.3 Å². The molecular formula is C11H26O5Si2. The first kappa shape index (κ1) is 17.8. The second-order valence-corrected chi connectivity index (χ2v) is 6.77. The van der Waals surface area contributed by atoms with Crippen molar-refractivity contribution in [1.82, 2.24) is 0 Å². The monoisotopic (exact) mass is 294 g/mol. The highest BCUT2D eigenvalue weighted by Crippen LogP contribution is 2.09. The van der Waals surface area contributed by atoms with Gasteiger partial charge in [0.25, 0.3) is 0 Å². The van der Waals surface area contributed by atoms with Gasteiger partial charge >= 0.3 is 9.28 Å². The Morgan fingerprint density at radius 1 is 1.44 bits per heavy atom. The lowest BCUT2D eigenvalue weighted by molar-refractivity contribution is 0.115. The molecule has 1 saturated heterocycles. The first-order valence-corrected chi connectivity index (χ1v) is 8.66. The minimum atomic E-state index is -1.35. The van der Waals surface area contributed by atoms with Gasteiger partial charge in [0.15, 0.2) is 0 Å². The summed E-state index contributed by atoms with van der Waals surface area (Å²) in [6.45, 7) is 7.72. The van der Waals surface area contributed by atoms with Crippen LogP contribution in [0.5, 0.6) is 0 Å². The van der Waals surface area contributed by atoms with Crippen molar-refractivity contribution >= 4 is 19.8 Å². The van der Waals surface area contributed by atoms with E-state index in [4.69, 9.17) is 22.8 Å². The molecule has 0 spiro atoms. The molecule has 0 aromatic heterocycles. The molecule has 7 heteroatoms. The van der Waals surface area contributed by atoms with Gasteiger partial charge in [-0.3, -0.25) is 0 Å². The van der Waals surface area contributed by atoms with Crippen LogP contribution in [0.2, 0.25) is 6.04 Å². The van der Waals surface area contributed by atoms with Gasteiger partial charge < -0.3 is 22.8 Å². The first-order valence-electron chi connectivity index (χ1n) is 6.08. The molecule has 0 saturated carbocycles. The average Bonchev–Trinajstić information content (AvgIpc) is 3.18. The second kappa shape index (κ2) is 11.9. The molecule has 1 rings (SSSR count). The van der Waals surface area contributed by atoms with Crippen molar-refractivity contribution in [2.24, 2.45) is 0 Å². The molecule has 18 heavy (non-hydrogen) atoms. The van der Waals surface area contributed by atoms with E-state index in [1.54, 1.807) is 14.2 Å². The highest BCUT2D eigenvalue weighted by molar-refractivity contribution is 6.44. The van der Waals surface area contributed by atoms with E-state index < -0.39 is 9.28 Å². The highest BCUT2D eigenvalue weighted by Gasteiger charge is 2.22. The Hall–Kier alpha value is -0.186. The summed E-state index contributed by atoms with van der Waals surface area (Å²) in [7, 11) is 2.83. The normalized spacial score (nSPS) is 17.2. The van der Waals surface area contributed by atoms with Crippen LogP contribution in [0.4, 0.5) is 0 Å². The summed E-state index contributed by atoms with van der Waals surface area (Å²) >= 11 is 0. The van der Waals surface area contributed by atoms with Gasteiger partial charge in [-0.1, -0.05) is 6.58 Å². The largest absolute Gasteiger partial charge is 0.557 e. The lowest BCUT2D eigenvalue weighted by Gasteiger charge is -2.10. The van der Waals surface area contributed by atoms with Crippen LogP contribution in [0.25, 0.3) is 0 Å². The van der Waals surface area contributed by atoms with E-state index in [0.29, 0.717) is 6.10 Å². The van der Waals surface area contributed by atoms with Crippen molar-refractivity contribution in [3.8, 4) is 0 Å². The molecule has 0 aliphatic carbocycles. The van der Waals surface area contributed by atoms with Crippen LogP contribution < -0.4 is 0 Å².